The zero-order valence-corrected chi connectivity index (χ0v) is 16.8. The molecule has 6 heteroatoms. The molecule has 3 aromatic carbocycles. The Morgan fingerprint density at radius 2 is 1.69 bits per heavy atom. The van der Waals surface area contributed by atoms with Gasteiger partial charge < -0.3 is 10.6 Å². The summed E-state index contributed by atoms with van der Waals surface area (Å²) in [6.07, 6.45) is 3.19. The highest BCUT2D eigenvalue weighted by Crippen LogP contribution is 2.19. The number of anilines is 1. The van der Waals surface area contributed by atoms with E-state index in [1.54, 1.807) is 30.3 Å². The van der Waals surface area contributed by atoms with Crippen molar-refractivity contribution >= 4 is 51.7 Å². The van der Waals surface area contributed by atoms with E-state index in [-0.39, 0.29) is 16.9 Å². The number of benzene rings is 3. The minimum Gasteiger partial charge on any atom is -0.352 e. The smallest absolute Gasteiger partial charge is 0.253 e. The molecule has 0 radical (unpaired) electrons. The first kappa shape index (κ1) is 20.2. The molecule has 0 spiro atoms. The highest BCUT2D eigenvalue weighted by molar-refractivity contribution is 7.80. The monoisotopic (exact) mass is 403 g/mol. The van der Waals surface area contributed by atoms with Gasteiger partial charge in [-0.05, 0) is 53.7 Å². The number of nitrogens with one attached hydrogen (secondary N) is 3. The van der Waals surface area contributed by atoms with Crippen molar-refractivity contribution in [1.82, 2.24) is 10.6 Å². The SMILES string of the molecule is CCNC(=O)c1ccccc1NC(=S)NC(=O)/C=C/c1cccc2ccccc12. The van der Waals surface area contributed by atoms with Crippen LogP contribution in [0.4, 0.5) is 5.69 Å². The van der Waals surface area contributed by atoms with Gasteiger partial charge in [-0.3, -0.25) is 14.9 Å². The fourth-order valence-corrected chi connectivity index (χ4v) is 3.12. The number of hydrogen-bond acceptors (Lipinski definition) is 3. The first-order valence-corrected chi connectivity index (χ1v) is 9.64. The number of carbonyl (C=O) groups is 2. The Balaban J connectivity index is 1.66. The van der Waals surface area contributed by atoms with Crippen LogP contribution in [0.1, 0.15) is 22.8 Å². The molecule has 3 rings (SSSR count). The Morgan fingerprint density at radius 1 is 0.966 bits per heavy atom. The molecule has 0 fully saturated rings. The average Bonchev–Trinajstić information content (AvgIpc) is 2.72. The zero-order chi connectivity index (χ0) is 20.6. The molecule has 3 aromatic rings. The van der Waals surface area contributed by atoms with E-state index < -0.39 is 0 Å². The van der Waals surface area contributed by atoms with E-state index in [2.05, 4.69) is 16.0 Å². The molecule has 0 aromatic heterocycles. The van der Waals surface area contributed by atoms with Crippen LogP contribution in [0.2, 0.25) is 0 Å². The Bertz CT molecular complexity index is 1090. The average molecular weight is 404 g/mol. The normalized spacial score (nSPS) is 10.7. The number of carbonyl (C=O) groups excluding carboxylic acids is 2. The van der Waals surface area contributed by atoms with E-state index >= 15 is 0 Å². The van der Waals surface area contributed by atoms with E-state index in [4.69, 9.17) is 12.2 Å². The summed E-state index contributed by atoms with van der Waals surface area (Å²) in [6, 6.07) is 20.9. The van der Waals surface area contributed by atoms with Gasteiger partial charge in [0.05, 0.1) is 11.3 Å². The minimum absolute atomic E-state index is 0.120. The lowest BCUT2D eigenvalue weighted by Crippen LogP contribution is -2.34. The number of hydrogen-bond donors (Lipinski definition) is 3. The number of para-hydroxylation sites is 1. The summed E-state index contributed by atoms with van der Waals surface area (Å²) in [5.41, 5.74) is 1.93. The second kappa shape index (κ2) is 9.61. The van der Waals surface area contributed by atoms with Crippen LogP contribution in [0.15, 0.2) is 72.8 Å². The third-order valence-corrected chi connectivity index (χ3v) is 4.44. The summed E-state index contributed by atoms with van der Waals surface area (Å²) in [5, 5.41) is 10.6. The van der Waals surface area contributed by atoms with Gasteiger partial charge in [-0.1, -0.05) is 54.6 Å². The van der Waals surface area contributed by atoms with Crippen molar-refractivity contribution in [1.29, 1.82) is 0 Å². The summed E-state index contributed by atoms with van der Waals surface area (Å²) in [5.74, 6) is -0.563. The van der Waals surface area contributed by atoms with Crippen molar-refractivity contribution in [2.75, 3.05) is 11.9 Å². The number of thiocarbonyl (C=S) groups is 1. The maximum absolute atomic E-state index is 12.3. The topological polar surface area (TPSA) is 70.2 Å². The van der Waals surface area contributed by atoms with Gasteiger partial charge in [0.25, 0.3) is 5.91 Å². The molecule has 0 unspecified atom stereocenters. The van der Waals surface area contributed by atoms with Gasteiger partial charge in [-0.25, -0.2) is 0 Å². The molecule has 29 heavy (non-hydrogen) atoms. The van der Waals surface area contributed by atoms with Crippen LogP contribution in [0.3, 0.4) is 0 Å². The molecule has 0 saturated carbocycles. The van der Waals surface area contributed by atoms with Crippen molar-refractivity contribution < 1.29 is 9.59 Å². The Labute approximate surface area is 174 Å². The molecule has 0 aliphatic carbocycles. The van der Waals surface area contributed by atoms with Crippen LogP contribution >= 0.6 is 12.2 Å². The molecule has 0 saturated heterocycles. The molecule has 0 bridgehead atoms. The van der Waals surface area contributed by atoms with Gasteiger partial charge in [0.15, 0.2) is 5.11 Å². The summed E-state index contributed by atoms with van der Waals surface area (Å²) < 4.78 is 0. The van der Waals surface area contributed by atoms with Gasteiger partial charge in [-0.2, -0.15) is 0 Å². The Hall–Kier alpha value is -3.51. The summed E-state index contributed by atoms with van der Waals surface area (Å²) in [7, 11) is 0. The molecule has 146 valence electrons. The summed E-state index contributed by atoms with van der Waals surface area (Å²) >= 11 is 5.22. The number of fused-ring (bicyclic) bond motifs is 1. The van der Waals surface area contributed by atoms with Crippen LogP contribution in [0.25, 0.3) is 16.8 Å². The Morgan fingerprint density at radius 3 is 2.52 bits per heavy atom. The minimum atomic E-state index is -0.356. The van der Waals surface area contributed by atoms with Gasteiger partial charge in [0.2, 0.25) is 5.91 Å². The van der Waals surface area contributed by atoms with Crippen LogP contribution < -0.4 is 16.0 Å². The molecule has 5 nitrogen and oxygen atoms in total. The standard InChI is InChI=1S/C23H21N3O2S/c1-2-24-22(28)19-12-5-6-13-20(19)25-23(29)26-21(27)15-14-17-10-7-9-16-8-3-4-11-18(16)17/h3-15H,2H2,1H3,(H,24,28)(H2,25,26,27,29)/b15-14+. The van der Waals surface area contributed by atoms with Crippen molar-refractivity contribution in [3.63, 3.8) is 0 Å². The van der Waals surface area contributed by atoms with E-state index in [1.165, 1.54) is 6.08 Å². The Kier molecular flexibility index (Phi) is 6.71. The van der Waals surface area contributed by atoms with Crippen molar-refractivity contribution in [3.8, 4) is 0 Å². The fourth-order valence-electron chi connectivity index (χ4n) is 2.91. The molecule has 3 N–H and O–H groups in total. The maximum Gasteiger partial charge on any atom is 0.253 e. The van der Waals surface area contributed by atoms with Gasteiger partial charge in [-0.15, -0.1) is 0 Å². The fraction of sp³-hybridized carbons (Fsp3) is 0.0870. The molecular weight excluding hydrogens is 382 g/mol. The second-order valence-corrected chi connectivity index (χ2v) is 6.66. The first-order chi connectivity index (χ1) is 14.1. The molecule has 2 amide bonds. The van der Waals surface area contributed by atoms with E-state index in [1.807, 2.05) is 49.4 Å². The van der Waals surface area contributed by atoms with Gasteiger partial charge >= 0.3 is 0 Å². The van der Waals surface area contributed by atoms with Crippen LogP contribution in [0, 0.1) is 0 Å². The maximum atomic E-state index is 12.3. The molecule has 0 heterocycles. The molecular formula is C23H21N3O2S. The third kappa shape index (κ3) is 5.27. The van der Waals surface area contributed by atoms with Crippen molar-refractivity contribution in [2.45, 2.75) is 6.92 Å². The van der Waals surface area contributed by atoms with Gasteiger partial charge in [0, 0.05) is 12.6 Å². The lowest BCUT2D eigenvalue weighted by Gasteiger charge is -2.12. The summed E-state index contributed by atoms with van der Waals surface area (Å²) in [6.45, 7) is 2.37. The highest BCUT2D eigenvalue weighted by atomic mass is 32.1. The molecule has 0 aliphatic rings. The quantitative estimate of drug-likeness (QED) is 0.443. The van der Waals surface area contributed by atoms with E-state index in [9.17, 15) is 9.59 Å². The third-order valence-electron chi connectivity index (χ3n) is 4.23. The first-order valence-electron chi connectivity index (χ1n) is 9.23. The van der Waals surface area contributed by atoms with Crippen LogP contribution in [0.5, 0.6) is 0 Å². The summed E-state index contributed by atoms with van der Waals surface area (Å²) in [4.78, 5) is 24.4. The number of rotatable bonds is 5. The molecule has 0 aliphatic heterocycles. The molecule has 0 atom stereocenters. The zero-order valence-electron chi connectivity index (χ0n) is 15.9. The van der Waals surface area contributed by atoms with E-state index in [0.29, 0.717) is 17.8 Å². The van der Waals surface area contributed by atoms with Crippen LogP contribution in [-0.4, -0.2) is 23.5 Å². The lowest BCUT2D eigenvalue weighted by molar-refractivity contribution is -0.115. The second-order valence-electron chi connectivity index (χ2n) is 6.25. The number of amides is 2. The predicted molar refractivity (Wildman–Crippen MR) is 122 cm³/mol. The largest absolute Gasteiger partial charge is 0.352 e. The van der Waals surface area contributed by atoms with Crippen molar-refractivity contribution in [2.24, 2.45) is 0 Å². The van der Waals surface area contributed by atoms with Crippen molar-refractivity contribution in [3.05, 3.63) is 83.9 Å². The highest BCUT2D eigenvalue weighted by Gasteiger charge is 2.11. The van der Waals surface area contributed by atoms with E-state index in [0.717, 1.165) is 16.3 Å². The lowest BCUT2D eigenvalue weighted by atomic mass is 10.0. The predicted octanol–water partition coefficient (Wildman–Crippen LogP) is 4.12. The van der Waals surface area contributed by atoms with Gasteiger partial charge in [0.1, 0.15) is 0 Å². The van der Waals surface area contributed by atoms with Crippen LogP contribution in [-0.2, 0) is 4.79 Å².